The Labute approximate surface area is 89.7 Å². The summed E-state index contributed by atoms with van der Waals surface area (Å²) in [5.41, 5.74) is 3.29. The van der Waals surface area contributed by atoms with Crippen molar-refractivity contribution in [2.24, 2.45) is 5.84 Å². The van der Waals surface area contributed by atoms with Gasteiger partial charge in [-0.3, -0.25) is 0 Å². The number of hydrogen-bond donors (Lipinski definition) is 2. The van der Waals surface area contributed by atoms with Crippen LogP contribution in [-0.2, 0) is 0 Å². The van der Waals surface area contributed by atoms with Crippen LogP contribution in [0.3, 0.4) is 0 Å². The zero-order valence-electron chi connectivity index (χ0n) is 7.07. The minimum atomic E-state index is 0.567. The van der Waals surface area contributed by atoms with E-state index >= 15 is 0 Å². The standard InChI is InChI=1S/C8H7ClN4S/c9-7-5(2-4-14-7)8-11-3-1-6(12-8)13-10/h1-4H,10H2,(H,11,12,13). The van der Waals surface area contributed by atoms with Gasteiger partial charge in [0.1, 0.15) is 10.2 Å². The van der Waals surface area contributed by atoms with Gasteiger partial charge in [0.15, 0.2) is 5.82 Å². The number of nitrogen functional groups attached to an aromatic ring is 1. The molecule has 0 fully saturated rings. The van der Waals surface area contributed by atoms with Gasteiger partial charge in [0, 0.05) is 17.8 Å². The fraction of sp³-hybridized carbons (Fsp3) is 0. The van der Waals surface area contributed by atoms with Gasteiger partial charge in [-0.15, -0.1) is 11.3 Å². The Hall–Kier alpha value is -1.17. The van der Waals surface area contributed by atoms with Crippen LogP contribution in [0.5, 0.6) is 0 Å². The minimum absolute atomic E-state index is 0.567. The zero-order valence-corrected chi connectivity index (χ0v) is 8.64. The molecule has 2 aromatic rings. The molecule has 0 atom stereocenters. The first-order chi connectivity index (χ1) is 6.81. The van der Waals surface area contributed by atoms with E-state index in [1.807, 2.05) is 11.4 Å². The lowest BCUT2D eigenvalue weighted by molar-refractivity contribution is 1.15. The molecule has 0 saturated heterocycles. The van der Waals surface area contributed by atoms with Crippen LogP contribution in [0.15, 0.2) is 23.7 Å². The first-order valence-electron chi connectivity index (χ1n) is 3.84. The molecule has 3 N–H and O–H groups in total. The molecule has 2 heterocycles. The van der Waals surface area contributed by atoms with Crippen LogP contribution in [0.2, 0.25) is 4.34 Å². The van der Waals surface area contributed by atoms with Crippen molar-refractivity contribution in [1.82, 2.24) is 9.97 Å². The Kier molecular flexibility index (Phi) is 2.62. The number of aromatic nitrogens is 2. The maximum Gasteiger partial charge on any atom is 0.163 e. The molecule has 0 amide bonds. The number of hydrogen-bond acceptors (Lipinski definition) is 5. The lowest BCUT2D eigenvalue weighted by Gasteiger charge is -2.00. The molecule has 0 aromatic carbocycles. The highest BCUT2D eigenvalue weighted by molar-refractivity contribution is 7.15. The largest absolute Gasteiger partial charge is 0.308 e. The number of nitrogens with two attached hydrogens (primary N) is 1. The summed E-state index contributed by atoms with van der Waals surface area (Å²) < 4.78 is 0.680. The fourth-order valence-corrected chi connectivity index (χ4v) is 1.93. The van der Waals surface area contributed by atoms with Crippen molar-refractivity contribution in [3.8, 4) is 11.4 Å². The van der Waals surface area contributed by atoms with Gasteiger partial charge in [0.25, 0.3) is 0 Å². The van der Waals surface area contributed by atoms with Crippen molar-refractivity contribution >= 4 is 28.8 Å². The smallest absolute Gasteiger partial charge is 0.163 e. The summed E-state index contributed by atoms with van der Waals surface area (Å²) in [6, 6.07) is 3.56. The summed E-state index contributed by atoms with van der Waals surface area (Å²) in [4.78, 5) is 8.28. The van der Waals surface area contributed by atoms with Gasteiger partial charge in [-0.2, -0.15) is 0 Å². The summed E-state index contributed by atoms with van der Waals surface area (Å²) in [5.74, 6) is 6.38. The average molecular weight is 227 g/mol. The Morgan fingerprint density at radius 1 is 1.43 bits per heavy atom. The van der Waals surface area contributed by atoms with Gasteiger partial charge in [-0.05, 0) is 11.4 Å². The second kappa shape index (κ2) is 3.91. The molecule has 0 aliphatic heterocycles. The molecule has 2 aromatic heterocycles. The van der Waals surface area contributed by atoms with Crippen molar-refractivity contribution in [3.63, 3.8) is 0 Å². The zero-order chi connectivity index (χ0) is 9.97. The lowest BCUT2D eigenvalue weighted by atomic mass is 10.3. The molecule has 0 unspecified atom stereocenters. The van der Waals surface area contributed by atoms with Gasteiger partial charge < -0.3 is 5.43 Å². The van der Waals surface area contributed by atoms with E-state index in [9.17, 15) is 0 Å². The Morgan fingerprint density at radius 3 is 2.93 bits per heavy atom. The molecule has 72 valence electrons. The number of nitrogens with zero attached hydrogens (tertiary/aromatic N) is 2. The molecule has 0 saturated carbocycles. The lowest BCUT2D eigenvalue weighted by Crippen LogP contribution is -2.08. The highest BCUT2D eigenvalue weighted by atomic mass is 35.5. The normalized spacial score (nSPS) is 10.1. The van der Waals surface area contributed by atoms with Crippen LogP contribution < -0.4 is 11.3 Å². The van der Waals surface area contributed by atoms with Gasteiger partial charge in [-0.1, -0.05) is 11.6 Å². The van der Waals surface area contributed by atoms with Crippen LogP contribution >= 0.6 is 22.9 Å². The Bertz CT molecular complexity index is 442. The molecule has 2 rings (SSSR count). The van der Waals surface area contributed by atoms with Crippen LogP contribution in [-0.4, -0.2) is 9.97 Å². The highest BCUT2D eigenvalue weighted by Gasteiger charge is 2.07. The third kappa shape index (κ3) is 1.70. The van der Waals surface area contributed by atoms with E-state index in [0.29, 0.717) is 16.0 Å². The molecule has 6 heteroatoms. The summed E-state index contributed by atoms with van der Waals surface area (Å²) in [7, 11) is 0. The van der Waals surface area contributed by atoms with E-state index in [1.54, 1.807) is 12.3 Å². The molecular formula is C8H7ClN4S. The quantitative estimate of drug-likeness (QED) is 0.608. The third-order valence-corrected chi connectivity index (χ3v) is 2.83. The summed E-state index contributed by atoms with van der Waals surface area (Å²) >= 11 is 7.40. The summed E-state index contributed by atoms with van der Waals surface area (Å²) in [5, 5.41) is 1.89. The first kappa shape index (κ1) is 9.39. The van der Waals surface area contributed by atoms with Gasteiger partial charge in [0.05, 0.1) is 0 Å². The van der Waals surface area contributed by atoms with Crippen molar-refractivity contribution in [1.29, 1.82) is 0 Å². The van der Waals surface area contributed by atoms with Gasteiger partial charge >= 0.3 is 0 Å². The van der Waals surface area contributed by atoms with Crippen molar-refractivity contribution in [3.05, 3.63) is 28.0 Å². The van der Waals surface area contributed by atoms with Crippen LogP contribution in [0, 0.1) is 0 Å². The molecule has 0 spiro atoms. The second-order valence-electron chi connectivity index (χ2n) is 2.52. The fourth-order valence-electron chi connectivity index (χ4n) is 1.02. The van der Waals surface area contributed by atoms with E-state index in [-0.39, 0.29) is 0 Å². The van der Waals surface area contributed by atoms with Gasteiger partial charge in [-0.25, -0.2) is 15.8 Å². The van der Waals surface area contributed by atoms with E-state index < -0.39 is 0 Å². The predicted molar refractivity (Wildman–Crippen MR) is 58.2 cm³/mol. The Balaban J connectivity index is 2.47. The molecule has 0 aliphatic rings. The molecule has 4 nitrogen and oxygen atoms in total. The average Bonchev–Trinajstić information content (AvgIpc) is 2.65. The minimum Gasteiger partial charge on any atom is -0.308 e. The van der Waals surface area contributed by atoms with E-state index in [2.05, 4.69) is 15.4 Å². The van der Waals surface area contributed by atoms with Crippen LogP contribution in [0.1, 0.15) is 0 Å². The van der Waals surface area contributed by atoms with Gasteiger partial charge in [0.2, 0.25) is 0 Å². The maximum absolute atomic E-state index is 5.96. The monoisotopic (exact) mass is 226 g/mol. The van der Waals surface area contributed by atoms with Crippen LogP contribution in [0.4, 0.5) is 5.82 Å². The summed E-state index contributed by atoms with van der Waals surface area (Å²) in [6.07, 6.45) is 1.63. The molecule has 0 bridgehead atoms. The first-order valence-corrected chi connectivity index (χ1v) is 5.10. The topological polar surface area (TPSA) is 63.8 Å². The predicted octanol–water partition coefficient (Wildman–Crippen LogP) is 2.14. The molecular weight excluding hydrogens is 220 g/mol. The number of rotatable bonds is 2. The van der Waals surface area contributed by atoms with E-state index in [4.69, 9.17) is 17.4 Å². The van der Waals surface area contributed by atoms with Crippen molar-refractivity contribution in [2.75, 3.05) is 5.43 Å². The Morgan fingerprint density at radius 2 is 2.29 bits per heavy atom. The van der Waals surface area contributed by atoms with Crippen LogP contribution in [0.25, 0.3) is 11.4 Å². The number of halogens is 1. The molecule has 14 heavy (non-hydrogen) atoms. The second-order valence-corrected chi connectivity index (χ2v) is 4.04. The number of nitrogens with one attached hydrogen (secondary N) is 1. The van der Waals surface area contributed by atoms with Crippen molar-refractivity contribution < 1.29 is 0 Å². The van der Waals surface area contributed by atoms with E-state index in [1.165, 1.54) is 11.3 Å². The molecule has 0 aliphatic carbocycles. The highest BCUT2D eigenvalue weighted by Crippen LogP contribution is 2.30. The number of anilines is 1. The number of thiophene rings is 1. The summed E-state index contributed by atoms with van der Waals surface area (Å²) in [6.45, 7) is 0. The third-order valence-electron chi connectivity index (χ3n) is 1.66. The van der Waals surface area contributed by atoms with Crippen molar-refractivity contribution in [2.45, 2.75) is 0 Å². The van der Waals surface area contributed by atoms with E-state index in [0.717, 1.165) is 5.56 Å². The SMILES string of the molecule is NNc1ccnc(-c2ccsc2Cl)n1. The molecule has 0 radical (unpaired) electrons. The number of hydrazine groups is 1. The maximum atomic E-state index is 5.96.